The zero-order valence-corrected chi connectivity index (χ0v) is 14.0. The van der Waals surface area contributed by atoms with Crippen LogP contribution in [0.5, 0.6) is 11.5 Å². The number of halogens is 1. The molecule has 130 valence electrons. The van der Waals surface area contributed by atoms with Gasteiger partial charge in [0.25, 0.3) is 5.91 Å². The minimum Gasteiger partial charge on any atom is -0.493 e. The highest BCUT2D eigenvalue weighted by molar-refractivity contribution is 5.94. The predicted octanol–water partition coefficient (Wildman–Crippen LogP) is 2.46. The van der Waals surface area contributed by atoms with Crippen molar-refractivity contribution in [1.82, 2.24) is 14.7 Å². The largest absolute Gasteiger partial charge is 0.493 e. The molecule has 0 radical (unpaired) electrons. The summed E-state index contributed by atoms with van der Waals surface area (Å²) in [7, 11) is 3.06. The number of fused-ring (bicyclic) bond motifs is 1. The average Bonchev–Trinajstić information content (AvgIpc) is 3.02. The minimum atomic E-state index is -0.321. The van der Waals surface area contributed by atoms with E-state index in [4.69, 9.17) is 9.47 Å². The van der Waals surface area contributed by atoms with Gasteiger partial charge in [-0.3, -0.25) is 4.79 Å². The van der Waals surface area contributed by atoms with Crippen LogP contribution in [0.4, 0.5) is 4.39 Å². The summed E-state index contributed by atoms with van der Waals surface area (Å²) >= 11 is 0. The van der Waals surface area contributed by atoms with Crippen LogP contribution in [0.3, 0.4) is 0 Å². The number of hydrogen-bond donors (Lipinski definition) is 1. The summed E-state index contributed by atoms with van der Waals surface area (Å²) in [4.78, 5) is 16.6. The van der Waals surface area contributed by atoms with E-state index in [2.05, 4.69) is 10.3 Å². The first-order valence-corrected chi connectivity index (χ1v) is 7.74. The average molecular weight is 343 g/mol. The maximum Gasteiger partial charge on any atom is 0.251 e. The molecule has 0 spiro atoms. The Morgan fingerprint density at radius 3 is 2.72 bits per heavy atom. The van der Waals surface area contributed by atoms with Gasteiger partial charge in [0.1, 0.15) is 11.5 Å². The number of pyridine rings is 1. The van der Waals surface area contributed by atoms with Gasteiger partial charge in [0, 0.05) is 30.9 Å². The molecule has 1 aromatic carbocycles. The molecule has 3 aromatic rings. The van der Waals surface area contributed by atoms with E-state index in [9.17, 15) is 9.18 Å². The van der Waals surface area contributed by atoms with Crippen molar-refractivity contribution in [1.29, 1.82) is 0 Å². The van der Waals surface area contributed by atoms with Crippen LogP contribution in [-0.4, -0.2) is 36.1 Å². The van der Waals surface area contributed by atoms with E-state index in [0.29, 0.717) is 35.7 Å². The van der Waals surface area contributed by atoms with Crippen LogP contribution < -0.4 is 14.8 Å². The lowest BCUT2D eigenvalue weighted by Gasteiger charge is -2.09. The second-order valence-electron chi connectivity index (χ2n) is 5.42. The number of hydrogen-bond acceptors (Lipinski definition) is 4. The van der Waals surface area contributed by atoms with Crippen molar-refractivity contribution in [2.24, 2.45) is 0 Å². The van der Waals surface area contributed by atoms with Crippen molar-refractivity contribution in [3.8, 4) is 11.5 Å². The number of carbonyl (C=O) groups excluding carboxylic acids is 1. The summed E-state index contributed by atoms with van der Waals surface area (Å²) in [5, 5.41) is 2.83. The Kier molecular flexibility index (Phi) is 4.83. The van der Waals surface area contributed by atoms with E-state index in [1.165, 1.54) is 26.5 Å². The third kappa shape index (κ3) is 3.71. The van der Waals surface area contributed by atoms with Gasteiger partial charge in [-0.2, -0.15) is 0 Å². The molecule has 0 aliphatic rings. The second kappa shape index (κ2) is 7.21. The number of methoxy groups -OCH3 is 2. The van der Waals surface area contributed by atoms with Gasteiger partial charge in [-0.15, -0.1) is 0 Å². The van der Waals surface area contributed by atoms with E-state index in [0.717, 1.165) is 5.69 Å². The van der Waals surface area contributed by atoms with Crippen LogP contribution in [0.15, 0.2) is 42.7 Å². The molecule has 6 nitrogen and oxygen atoms in total. The van der Waals surface area contributed by atoms with Gasteiger partial charge in [0.2, 0.25) is 0 Å². The molecule has 0 unspecified atom stereocenters. The van der Waals surface area contributed by atoms with Crippen molar-refractivity contribution in [3.05, 3.63) is 59.8 Å². The van der Waals surface area contributed by atoms with E-state index in [-0.39, 0.29) is 11.7 Å². The van der Waals surface area contributed by atoms with Crippen molar-refractivity contribution < 1.29 is 18.7 Å². The molecule has 0 aliphatic heterocycles. The van der Waals surface area contributed by atoms with Crippen molar-refractivity contribution >= 4 is 11.6 Å². The first-order chi connectivity index (χ1) is 12.1. The van der Waals surface area contributed by atoms with E-state index < -0.39 is 0 Å². The lowest BCUT2D eigenvalue weighted by atomic mass is 10.2. The summed E-state index contributed by atoms with van der Waals surface area (Å²) in [6.45, 7) is 0.416. The molecule has 0 saturated heterocycles. The van der Waals surface area contributed by atoms with Gasteiger partial charge in [-0.25, -0.2) is 9.37 Å². The Labute approximate surface area is 144 Å². The summed E-state index contributed by atoms with van der Waals surface area (Å²) in [5.41, 5.74) is 1.93. The molecule has 1 amide bonds. The number of benzene rings is 1. The smallest absolute Gasteiger partial charge is 0.251 e. The van der Waals surface area contributed by atoms with Gasteiger partial charge in [-0.1, -0.05) is 0 Å². The molecule has 0 fully saturated rings. The van der Waals surface area contributed by atoms with E-state index in [1.54, 1.807) is 34.9 Å². The number of carbonyl (C=O) groups is 1. The van der Waals surface area contributed by atoms with Gasteiger partial charge in [0.15, 0.2) is 11.5 Å². The highest BCUT2D eigenvalue weighted by Crippen LogP contribution is 2.27. The number of aromatic nitrogens is 2. The molecule has 0 saturated carbocycles. The van der Waals surface area contributed by atoms with Crippen LogP contribution in [0.2, 0.25) is 0 Å². The van der Waals surface area contributed by atoms with Crippen molar-refractivity contribution in [2.45, 2.75) is 6.42 Å². The molecule has 7 heteroatoms. The molecule has 0 bridgehead atoms. The van der Waals surface area contributed by atoms with E-state index in [1.807, 2.05) is 0 Å². The highest BCUT2D eigenvalue weighted by Gasteiger charge is 2.11. The maximum atomic E-state index is 13.2. The van der Waals surface area contributed by atoms with Crippen molar-refractivity contribution in [3.63, 3.8) is 0 Å². The quantitative estimate of drug-likeness (QED) is 0.747. The molecule has 0 atom stereocenters. The number of imidazole rings is 1. The number of rotatable bonds is 6. The summed E-state index contributed by atoms with van der Waals surface area (Å²) in [5.74, 6) is 0.530. The lowest BCUT2D eigenvalue weighted by Crippen LogP contribution is -2.25. The number of amides is 1. The predicted molar refractivity (Wildman–Crippen MR) is 90.7 cm³/mol. The normalized spacial score (nSPS) is 10.7. The fourth-order valence-corrected chi connectivity index (χ4v) is 2.52. The highest BCUT2D eigenvalue weighted by atomic mass is 19.1. The number of nitrogens with zero attached hydrogens (tertiary/aromatic N) is 2. The Morgan fingerprint density at radius 2 is 1.96 bits per heavy atom. The maximum absolute atomic E-state index is 13.2. The first kappa shape index (κ1) is 16.8. The zero-order chi connectivity index (χ0) is 17.8. The zero-order valence-electron chi connectivity index (χ0n) is 14.0. The van der Waals surface area contributed by atoms with Crippen LogP contribution in [0.25, 0.3) is 5.65 Å². The molecular formula is C18H18FN3O3. The Morgan fingerprint density at radius 1 is 1.16 bits per heavy atom. The third-order valence-corrected chi connectivity index (χ3v) is 3.78. The van der Waals surface area contributed by atoms with Crippen LogP contribution in [0.1, 0.15) is 16.1 Å². The summed E-state index contributed by atoms with van der Waals surface area (Å²) < 4.78 is 25.2. The summed E-state index contributed by atoms with van der Waals surface area (Å²) in [6.07, 6.45) is 3.66. The SMILES string of the molecule is COc1ccc(C(=O)NCCc2cn3cc(F)ccc3n2)cc1OC. The second-order valence-corrected chi connectivity index (χ2v) is 5.42. The number of nitrogens with one attached hydrogen (secondary N) is 1. The molecule has 25 heavy (non-hydrogen) atoms. The molecule has 2 aromatic heterocycles. The van der Waals surface area contributed by atoms with Crippen LogP contribution in [0, 0.1) is 5.82 Å². The van der Waals surface area contributed by atoms with Gasteiger partial charge >= 0.3 is 0 Å². The molecule has 3 rings (SSSR count). The Hall–Kier alpha value is -3.09. The number of ether oxygens (including phenoxy) is 2. The van der Waals surface area contributed by atoms with Gasteiger partial charge in [-0.05, 0) is 30.3 Å². The molecular weight excluding hydrogens is 325 g/mol. The third-order valence-electron chi connectivity index (χ3n) is 3.78. The summed E-state index contributed by atoms with van der Waals surface area (Å²) in [6, 6.07) is 7.96. The fraction of sp³-hybridized carbons (Fsp3) is 0.222. The Balaban J connectivity index is 1.62. The van der Waals surface area contributed by atoms with Crippen LogP contribution in [-0.2, 0) is 6.42 Å². The van der Waals surface area contributed by atoms with Crippen molar-refractivity contribution in [2.75, 3.05) is 20.8 Å². The Bertz CT molecular complexity index is 908. The van der Waals surface area contributed by atoms with Gasteiger partial charge < -0.3 is 19.2 Å². The monoisotopic (exact) mass is 343 g/mol. The standard InChI is InChI=1S/C18H18FN3O3/c1-24-15-5-3-12(9-16(15)25-2)18(23)20-8-7-14-11-22-10-13(19)4-6-17(22)21-14/h3-6,9-11H,7-8H2,1-2H3,(H,20,23). The fourth-order valence-electron chi connectivity index (χ4n) is 2.52. The lowest BCUT2D eigenvalue weighted by molar-refractivity contribution is 0.0953. The van der Waals surface area contributed by atoms with Gasteiger partial charge in [0.05, 0.1) is 19.9 Å². The topological polar surface area (TPSA) is 64.9 Å². The molecule has 0 aliphatic carbocycles. The first-order valence-electron chi connectivity index (χ1n) is 7.74. The molecule has 1 N–H and O–H groups in total. The molecule has 2 heterocycles. The van der Waals surface area contributed by atoms with E-state index >= 15 is 0 Å². The minimum absolute atomic E-state index is 0.212. The van der Waals surface area contributed by atoms with Crippen LogP contribution >= 0.6 is 0 Å².